The fourth-order valence-corrected chi connectivity index (χ4v) is 3.13. The summed E-state index contributed by atoms with van der Waals surface area (Å²) in [6.45, 7) is 0.446. The third-order valence-corrected chi connectivity index (χ3v) is 3.71. The van der Waals surface area contributed by atoms with E-state index in [2.05, 4.69) is 0 Å². The second-order valence-electron chi connectivity index (χ2n) is 4.23. The zero-order chi connectivity index (χ0) is 7.68. The highest BCUT2D eigenvalue weighted by molar-refractivity contribution is 4.86. The Balaban J connectivity index is 2.00. The summed E-state index contributed by atoms with van der Waals surface area (Å²) in [7, 11) is 0. The second kappa shape index (κ2) is 3.14. The molecule has 2 aliphatic carbocycles. The summed E-state index contributed by atoms with van der Waals surface area (Å²) in [6.07, 6.45) is 8.37. The van der Waals surface area contributed by atoms with E-state index in [9.17, 15) is 0 Å². The van der Waals surface area contributed by atoms with E-state index < -0.39 is 0 Å². The van der Waals surface area contributed by atoms with Gasteiger partial charge in [0.05, 0.1) is 0 Å². The third kappa shape index (κ3) is 1.31. The van der Waals surface area contributed by atoms with Gasteiger partial charge in [-0.3, -0.25) is 0 Å². The number of aliphatic hydroxyl groups excluding tert-OH is 1. The molecule has 1 heteroatoms. The zero-order valence-corrected chi connectivity index (χ0v) is 7.13. The fraction of sp³-hybridized carbons (Fsp3) is 1.00. The van der Waals surface area contributed by atoms with Crippen LogP contribution in [0.1, 0.15) is 38.5 Å². The number of fused-ring (bicyclic) bond motifs is 1. The molecule has 1 N–H and O–H groups in total. The van der Waals surface area contributed by atoms with E-state index in [1.165, 1.54) is 38.5 Å². The maximum Gasteiger partial charge on any atom is 0.0462 e. The lowest BCUT2D eigenvalue weighted by Crippen LogP contribution is -2.26. The number of hydrogen-bond donors (Lipinski definition) is 1. The van der Waals surface area contributed by atoms with Gasteiger partial charge >= 0.3 is 0 Å². The topological polar surface area (TPSA) is 20.2 Å². The molecule has 2 aliphatic rings. The molecule has 3 atom stereocenters. The van der Waals surface area contributed by atoms with Gasteiger partial charge in [0, 0.05) is 6.61 Å². The van der Waals surface area contributed by atoms with E-state index in [1.54, 1.807) is 0 Å². The van der Waals surface area contributed by atoms with Crippen molar-refractivity contribution in [2.45, 2.75) is 38.5 Å². The molecular formula is C10H18O. The van der Waals surface area contributed by atoms with Crippen molar-refractivity contribution in [1.29, 1.82) is 0 Å². The summed E-state index contributed by atoms with van der Waals surface area (Å²) >= 11 is 0. The molecule has 1 nitrogen and oxygen atoms in total. The first-order valence-corrected chi connectivity index (χ1v) is 5.02. The highest BCUT2D eigenvalue weighted by atomic mass is 16.3. The molecule has 0 radical (unpaired) electrons. The quantitative estimate of drug-likeness (QED) is 0.614. The SMILES string of the molecule is OC[C@@H]1CCC[C@H]2CCC[C@@H]21. The molecule has 0 aromatic rings. The normalized spacial score (nSPS) is 43.9. The molecule has 0 saturated heterocycles. The van der Waals surface area contributed by atoms with Crippen molar-refractivity contribution in [3.63, 3.8) is 0 Å². The van der Waals surface area contributed by atoms with Crippen LogP contribution in [0.4, 0.5) is 0 Å². The lowest BCUT2D eigenvalue weighted by molar-refractivity contribution is 0.108. The van der Waals surface area contributed by atoms with E-state index >= 15 is 0 Å². The predicted octanol–water partition coefficient (Wildman–Crippen LogP) is 2.20. The van der Waals surface area contributed by atoms with Crippen LogP contribution in [0.2, 0.25) is 0 Å². The van der Waals surface area contributed by atoms with E-state index in [0.29, 0.717) is 12.5 Å². The molecule has 0 aliphatic heterocycles. The number of hydrogen-bond acceptors (Lipinski definition) is 1. The summed E-state index contributed by atoms with van der Waals surface area (Å²) in [4.78, 5) is 0. The standard InChI is InChI=1S/C10H18O/c11-7-9-5-1-3-8-4-2-6-10(8)9/h8-11H,1-7H2/t8-,9-,10-/m0/s1. The van der Waals surface area contributed by atoms with Crippen molar-refractivity contribution in [3.8, 4) is 0 Å². The molecular weight excluding hydrogens is 136 g/mol. The Morgan fingerprint density at radius 1 is 1.00 bits per heavy atom. The summed E-state index contributed by atoms with van der Waals surface area (Å²) in [5.41, 5.74) is 0. The van der Waals surface area contributed by atoms with Crippen molar-refractivity contribution in [2.24, 2.45) is 17.8 Å². The first kappa shape index (κ1) is 7.60. The van der Waals surface area contributed by atoms with Crippen LogP contribution in [0.15, 0.2) is 0 Å². The van der Waals surface area contributed by atoms with Gasteiger partial charge in [-0.05, 0) is 30.6 Å². The number of rotatable bonds is 1. The first-order valence-electron chi connectivity index (χ1n) is 5.02. The Hall–Kier alpha value is -0.0400. The highest BCUT2D eigenvalue weighted by Crippen LogP contribution is 2.44. The van der Waals surface area contributed by atoms with Crippen LogP contribution < -0.4 is 0 Å². The Bertz CT molecular complexity index is 133. The van der Waals surface area contributed by atoms with Crippen LogP contribution in [0, 0.1) is 17.8 Å². The lowest BCUT2D eigenvalue weighted by atomic mass is 9.74. The third-order valence-electron chi connectivity index (χ3n) is 3.71. The summed E-state index contributed by atoms with van der Waals surface area (Å²) in [5, 5.41) is 9.14. The Kier molecular flexibility index (Phi) is 2.17. The minimum absolute atomic E-state index is 0.446. The van der Waals surface area contributed by atoms with E-state index in [0.717, 1.165) is 11.8 Å². The Morgan fingerprint density at radius 3 is 2.45 bits per heavy atom. The average molecular weight is 154 g/mol. The molecule has 0 bridgehead atoms. The van der Waals surface area contributed by atoms with Crippen molar-refractivity contribution < 1.29 is 5.11 Å². The van der Waals surface area contributed by atoms with Gasteiger partial charge in [-0.15, -0.1) is 0 Å². The Labute approximate surface area is 68.8 Å². The predicted molar refractivity (Wildman–Crippen MR) is 45.3 cm³/mol. The highest BCUT2D eigenvalue weighted by Gasteiger charge is 2.35. The Morgan fingerprint density at radius 2 is 1.73 bits per heavy atom. The van der Waals surface area contributed by atoms with Crippen molar-refractivity contribution >= 4 is 0 Å². The molecule has 0 unspecified atom stereocenters. The fourth-order valence-electron chi connectivity index (χ4n) is 3.13. The van der Waals surface area contributed by atoms with Crippen LogP contribution in [-0.2, 0) is 0 Å². The molecule has 11 heavy (non-hydrogen) atoms. The van der Waals surface area contributed by atoms with Crippen LogP contribution in [-0.4, -0.2) is 11.7 Å². The van der Waals surface area contributed by atoms with Crippen molar-refractivity contribution in [2.75, 3.05) is 6.61 Å². The minimum Gasteiger partial charge on any atom is -0.396 e. The monoisotopic (exact) mass is 154 g/mol. The zero-order valence-electron chi connectivity index (χ0n) is 7.13. The molecule has 0 heterocycles. The summed E-state index contributed by atoms with van der Waals surface area (Å²) in [5.74, 6) is 2.55. The molecule has 64 valence electrons. The van der Waals surface area contributed by atoms with Gasteiger partial charge in [-0.2, -0.15) is 0 Å². The van der Waals surface area contributed by atoms with Crippen molar-refractivity contribution in [3.05, 3.63) is 0 Å². The maximum absolute atomic E-state index is 9.14. The molecule has 0 aromatic carbocycles. The molecule has 0 amide bonds. The van der Waals surface area contributed by atoms with Gasteiger partial charge in [-0.1, -0.05) is 25.7 Å². The van der Waals surface area contributed by atoms with Crippen LogP contribution in [0.3, 0.4) is 0 Å². The average Bonchev–Trinajstić information content (AvgIpc) is 2.50. The van der Waals surface area contributed by atoms with Gasteiger partial charge in [0.1, 0.15) is 0 Å². The van der Waals surface area contributed by atoms with Crippen LogP contribution >= 0.6 is 0 Å². The smallest absolute Gasteiger partial charge is 0.0462 e. The van der Waals surface area contributed by atoms with Gasteiger partial charge in [-0.25, -0.2) is 0 Å². The molecule has 2 fully saturated rings. The molecule has 0 spiro atoms. The molecule has 2 rings (SSSR count). The summed E-state index contributed by atoms with van der Waals surface area (Å²) in [6, 6.07) is 0. The van der Waals surface area contributed by atoms with E-state index in [4.69, 9.17) is 5.11 Å². The molecule has 2 saturated carbocycles. The van der Waals surface area contributed by atoms with Gasteiger partial charge in [0.15, 0.2) is 0 Å². The van der Waals surface area contributed by atoms with Gasteiger partial charge in [0.2, 0.25) is 0 Å². The van der Waals surface area contributed by atoms with E-state index in [-0.39, 0.29) is 0 Å². The first-order chi connectivity index (χ1) is 5.42. The van der Waals surface area contributed by atoms with Crippen LogP contribution in [0.25, 0.3) is 0 Å². The van der Waals surface area contributed by atoms with Gasteiger partial charge < -0.3 is 5.11 Å². The minimum atomic E-state index is 0.446. The molecule has 0 aromatic heterocycles. The summed E-state index contributed by atoms with van der Waals surface area (Å²) < 4.78 is 0. The second-order valence-corrected chi connectivity index (χ2v) is 4.23. The van der Waals surface area contributed by atoms with E-state index in [1.807, 2.05) is 0 Å². The maximum atomic E-state index is 9.14. The largest absolute Gasteiger partial charge is 0.396 e. The van der Waals surface area contributed by atoms with Gasteiger partial charge in [0.25, 0.3) is 0 Å². The number of aliphatic hydroxyl groups is 1. The lowest BCUT2D eigenvalue weighted by Gasteiger charge is -2.32. The van der Waals surface area contributed by atoms with Crippen molar-refractivity contribution in [1.82, 2.24) is 0 Å². The van der Waals surface area contributed by atoms with Crippen LogP contribution in [0.5, 0.6) is 0 Å².